The van der Waals surface area contributed by atoms with E-state index in [2.05, 4.69) is 37.7 Å². The third-order valence-corrected chi connectivity index (χ3v) is 7.35. The molecular weight excluding hydrogens is 482 g/mol. The molecule has 2 aromatic carbocycles. The van der Waals surface area contributed by atoms with Crippen LogP contribution >= 0.6 is 0 Å². The van der Waals surface area contributed by atoms with E-state index in [4.69, 9.17) is 14.2 Å². The van der Waals surface area contributed by atoms with Crippen LogP contribution in [-0.4, -0.2) is 70.7 Å². The van der Waals surface area contributed by atoms with Crippen molar-refractivity contribution in [2.75, 3.05) is 19.6 Å². The van der Waals surface area contributed by atoms with Crippen LogP contribution in [0.5, 0.6) is 0 Å². The van der Waals surface area contributed by atoms with Crippen LogP contribution in [0.2, 0.25) is 0 Å². The Labute approximate surface area is 221 Å². The zero-order chi connectivity index (χ0) is 26.1. The number of nitrogens with one attached hydrogen (secondary N) is 4. The molecule has 4 N–H and O–H groups in total. The maximum Gasteiger partial charge on any atom is 0.222 e. The van der Waals surface area contributed by atoms with Crippen LogP contribution in [-0.2, 0) is 31.8 Å². The molecule has 2 fully saturated rings. The Morgan fingerprint density at radius 3 is 2.58 bits per heavy atom. The van der Waals surface area contributed by atoms with Crippen molar-refractivity contribution in [3.63, 3.8) is 0 Å². The Morgan fingerprint density at radius 1 is 0.974 bits per heavy atom. The Morgan fingerprint density at radius 2 is 1.74 bits per heavy atom. The molecule has 0 unspecified atom stereocenters. The first-order valence-electron chi connectivity index (χ1n) is 13.4. The Balaban J connectivity index is 0.995. The van der Waals surface area contributed by atoms with Gasteiger partial charge in [0.2, 0.25) is 5.91 Å². The fraction of sp³-hybridized carbons (Fsp3) is 0.448. The maximum atomic E-state index is 12.8. The molecule has 9 heteroatoms. The number of benzene rings is 2. The van der Waals surface area contributed by atoms with E-state index in [0.29, 0.717) is 13.1 Å². The molecule has 6 rings (SSSR count). The lowest BCUT2D eigenvalue weighted by atomic mass is 10.1. The Kier molecular flexibility index (Phi) is 6.92. The van der Waals surface area contributed by atoms with Crippen molar-refractivity contribution in [1.82, 2.24) is 25.6 Å². The normalized spacial score (nSPS) is 24.3. The second-order valence-electron chi connectivity index (χ2n) is 10.6. The standard InChI is InChI=1S/C29H35N5O4/c1-29(2)37-27-23(15-26(35)31-14-11-18-16-32-20-8-4-3-7-19(18)20)36-24(28(27)38-29)17-30-13-12-25-33-21-9-5-6-10-22(21)34-25/h3-10,16,23-24,27-28,30,32H,11-15,17H2,1-2H3,(H,31,35)(H,33,34)/t23-,24+,27+,28-/m1/s1. The molecule has 2 aromatic heterocycles. The number of aromatic nitrogens is 3. The summed E-state index contributed by atoms with van der Waals surface area (Å²) in [6.45, 7) is 5.75. The fourth-order valence-corrected chi connectivity index (χ4v) is 5.61. The Hall–Kier alpha value is -3.24. The lowest BCUT2D eigenvalue weighted by Gasteiger charge is -2.24. The second-order valence-corrected chi connectivity index (χ2v) is 10.6. The summed E-state index contributed by atoms with van der Waals surface area (Å²) in [6, 6.07) is 16.2. The van der Waals surface area contributed by atoms with Gasteiger partial charge in [0.15, 0.2) is 5.79 Å². The summed E-state index contributed by atoms with van der Waals surface area (Å²) < 4.78 is 18.6. The van der Waals surface area contributed by atoms with Crippen LogP contribution in [0.25, 0.3) is 21.9 Å². The summed E-state index contributed by atoms with van der Waals surface area (Å²) in [4.78, 5) is 24.1. The highest BCUT2D eigenvalue weighted by molar-refractivity contribution is 5.83. The molecule has 200 valence electrons. The summed E-state index contributed by atoms with van der Waals surface area (Å²) in [6.07, 6.45) is 2.76. The molecule has 0 aliphatic carbocycles. The van der Waals surface area contributed by atoms with Gasteiger partial charge in [-0.05, 0) is 44.0 Å². The fourth-order valence-electron chi connectivity index (χ4n) is 5.61. The van der Waals surface area contributed by atoms with Gasteiger partial charge in [0.1, 0.15) is 18.0 Å². The van der Waals surface area contributed by atoms with Gasteiger partial charge in [-0.2, -0.15) is 0 Å². The highest BCUT2D eigenvalue weighted by atomic mass is 16.8. The third-order valence-electron chi connectivity index (χ3n) is 7.35. The maximum absolute atomic E-state index is 12.8. The number of amides is 1. The van der Waals surface area contributed by atoms with E-state index in [1.165, 1.54) is 10.9 Å². The predicted octanol–water partition coefficient (Wildman–Crippen LogP) is 3.21. The van der Waals surface area contributed by atoms with Crippen LogP contribution in [0.1, 0.15) is 31.7 Å². The number of imidazole rings is 1. The van der Waals surface area contributed by atoms with E-state index in [0.717, 1.165) is 41.8 Å². The lowest BCUT2D eigenvalue weighted by molar-refractivity contribution is -0.187. The van der Waals surface area contributed by atoms with Gasteiger partial charge in [-0.1, -0.05) is 30.3 Å². The number of carbonyl (C=O) groups is 1. The number of fused-ring (bicyclic) bond motifs is 3. The first-order chi connectivity index (χ1) is 18.4. The van der Waals surface area contributed by atoms with Crippen molar-refractivity contribution >= 4 is 27.8 Å². The average molecular weight is 518 g/mol. The zero-order valence-corrected chi connectivity index (χ0v) is 21.8. The molecule has 0 radical (unpaired) electrons. The topological polar surface area (TPSA) is 113 Å². The first kappa shape index (κ1) is 25.1. The highest BCUT2D eigenvalue weighted by Crippen LogP contribution is 2.39. The van der Waals surface area contributed by atoms with Crippen molar-refractivity contribution in [2.24, 2.45) is 0 Å². The molecular formula is C29H35N5O4. The van der Waals surface area contributed by atoms with E-state index in [1.54, 1.807) is 0 Å². The molecule has 4 heterocycles. The first-order valence-corrected chi connectivity index (χ1v) is 13.4. The number of ether oxygens (including phenoxy) is 3. The van der Waals surface area contributed by atoms with Gasteiger partial charge in [0.05, 0.1) is 29.7 Å². The molecule has 0 bridgehead atoms. The molecule has 4 atom stereocenters. The van der Waals surface area contributed by atoms with Gasteiger partial charge in [0.25, 0.3) is 0 Å². The minimum absolute atomic E-state index is 0.0413. The van der Waals surface area contributed by atoms with Crippen LogP contribution in [0.3, 0.4) is 0 Å². The minimum atomic E-state index is -0.699. The SMILES string of the molecule is CC1(C)O[C@@H]2[C@H](O1)[C@H](CNCCc1nc3ccccc3[nH]1)O[C@@H]2CC(=O)NCCc1c[nH]c2ccccc12. The summed E-state index contributed by atoms with van der Waals surface area (Å²) >= 11 is 0. The van der Waals surface area contributed by atoms with Crippen molar-refractivity contribution in [3.8, 4) is 0 Å². The van der Waals surface area contributed by atoms with Crippen molar-refractivity contribution < 1.29 is 19.0 Å². The van der Waals surface area contributed by atoms with Gasteiger partial charge >= 0.3 is 0 Å². The average Bonchev–Trinajstić information content (AvgIpc) is 3.64. The number of hydrogen-bond acceptors (Lipinski definition) is 6. The third kappa shape index (κ3) is 5.33. The minimum Gasteiger partial charge on any atom is -0.367 e. The number of rotatable bonds is 10. The summed E-state index contributed by atoms with van der Waals surface area (Å²) in [5, 5.41) is 7.72. The van der Waals surface area contributed by atoms with E-state index in [9.17, 15) is 4.79 Å². The molecule has 1 amide bonds. The molecule has 0 saturated carbocycles. The van der Waals surface area contributed by atoms with E-state index >= 15 is 0 Å². The van der Waals surface area contributed by atoms with Gasteiger partial charge in [-0.25, -0.2) is 4.98 Å². The van der Waals surface area contributed by atoms with Crippen LogP contribution < -0.4 is 10.6 Å². The van der Waals surface area contributed by atoms with Crippen molar-refractivity contribution in [2.45, 2.75) is 63.3 Å². The summed E-state index contributed by atoms with van der Waals surface area (Å²) in [5.74, 6) is 0.212. The molecule has 4 aromatic rings. The van der Waals surface area contributed by atoms with E-state index in [-0.39, 0.29) is 36.7 Å². The van der Waals surface area contributed by atoms with E-state index in [1.807, 2.05) is 56.4 Å². The number of aromatic amines is 2. The van der Waals surface area contributed by atoms with Gasteiger partial charge < -0.3 is 34.8 Å². The number of hydrogen-bond donors (Lipinski definition) is 4. The number of carbonyl (C=O) groups excluding carboxylic acids is 1. The number of nitrogens with zero attached hydrogens (tertiary/aromatic N) is 1. The largest absolute Gasteiger partial charge is 0.367 e. The second kappa shape index (κ2) is 10.5. The lowest BCUT2D eigenvalue weighted by Crippen LogP contribution is -2.38. The monoisotopic (exact) mass is 517 g/mol. The molecule has 2 saturated heterocycles. The van der Waals surface area contributed by atoms with Crippen molar-refractivity contribution in [3.05, 3.63) is 66.1 Å². The quantitative estimate of drug-likeness (QED) is 0.240. The molecule has 38 heavy (non-hydrogen) atoms. The van der Waals surface area contributed by atoms with E-state index < -0.39 is 5.79 Å². The predicted molar refractivity (Wildman–Crippen MR) is 145 cm³/mol. The van der Waals surface area contributed by atoms with Crippen LogP contribution in [0.15, 0.2) is 54.7 Å². The van der Waals surface area contributed by atoms with Crippen LogP contribution in [0.4, 0.5) is 0 Å². The van der Waals surface area contributed by atoms with Crippen molar-refractivity contribution in [1.29, 1.82) is 0 Å². The van der Waals surface area contributed by atoms with Crippen LogP contribution in [0, 0.1) is 0 Å². The molecule has 0 spiro atoms. The van der Waals surface area contributed by atoms with Gasteiger partial charge in [-0.3, -0.25) is 4.79 Å². The molecule has 2 aliphatic rings. The highest BCUT2D eigenvalue weighted by Gasteiger charge is 2.55. The smallest absolute Gasteiger partial charge is 0.222 e. The molecule has 9 nitrogen and oxygen atoms in total. The number of H-pyrrole nitrogens is 2. The van der Waals surface area contributed by atoms with Gasteiger partial charge in [-0.15, -0.1) is 0 Å². The zero-order valence-electron chi connectivity index (χ0n) is 21.8. The van der Waals surface area contributed by atoms with Gasteiger partial charge in [0, 0.05) is 43.2 Å². The Bertz CT molecular complexity index is 1380. The number of para-hydroxylation sites is 3. The molecule has 2 aliphatic heterocycles. The summed E-state index contributed by atoms with van der Waals surface area (Å²) in [7, 11) is 0. The summed E-state index contributed by atoms with van der Waals surface area (Å²) in [5.41, 5.74) is 4.33.